The molecule has 1 aliphatic heterocycles. The summed E-state index contributed by atoms with van der Waals surface area (Å²) in [5.41, 5.74) is 15.0. The number of anilines is 2. The summed E-state index contributed by atoms with van der Waals surface area (Å²) in [6.07, 6.45) is 5.58. The minimum absolute atomic E-state index is 0.305. The summed E-state index contributed by atoms with van der Waals surface area (Å²) in [4.78, 5) is 7.51. The molecule has 0 spiro atoms. The average molecular weight is 617 g/mol. The van der Waals surface area contributed by atoms with Crippen LogP contribution >= 0.6 is 0 Å². The summed E-state index contributed by atoms with van der Waals surface area (Å²) in [5.74, 6) is 1.21. The van der Waals surface area contributed by atoms with E-state index in [2.05, 4.69) is 159 Å². The molecular weight excluding hydrogens is 589 g/mol. The molecule has 0 N–H and O–H groups in total. The van der Waals surface area contributed by atoms with Gasteiger partial charge >= 0.3 is 0 Å². The number of rotatable bonds is 3. The summed E-state index contributed by atoms with van der Waals surface area (Å²) in [7, 11) is 0. The van der Waals surface area contributed by atoms with Crippen LogP contribution < -0.4 is 4.90 Å². The second-order valence-corrected chi connectivity index (χ2v) is 12.8. The van der Waals surface area contributed by atoms with Crippen molar-refractivity contribution < 1.29 is 4.42 Å². The number of benzene rings is 6. The minimum Gasteiger partial charge on any atom is -0.456 e. The third kappa shape index (κ3) is 3.53. The summed E-state index contributed by atoms with van der Waals surface area (Å²) < 4.78 is 10.9. The van der Waals surface area contributed by atoms with Gasteiger partial charge in [-0.2, -0.15) is 0 Å². The van der Waals surface area contributed by atoms with Crippen LogP contribution in [0.4, 0.5) is 11.4 Å². The number of fused-ring (bicyclic) bond motifs is 11. The van der Waals surface area contributed by atoms with Gasteiger partial charge in [-0.3, -0.25) is 8.97 Å². The molecule has 0 bridgehead atoms. The van der Waals surface area contributed by atoms with Crippen LogP contribution in [0.1, 0.15) is 23.5 Å². The second kappa shape index (κ2) is 9.60. The summed E-state index contributed by atoms with van der Waals surface area (Å²) in [6, 6.07) is 49.6. The van der Waals surface area contributed by atoms with E-state index in [9.17, 15) is 0 Å². The van der Waals surface area contributed by atoms with E-state index in [0.717, 1.165) is 61.9 Å². The van der Waals surface area contributed by atoms with Crippen LogP contribution in [0.5, 0.6) is 0 Å². The van der Waals surface area contributed by atoms with Crippen molar-refractivity contribution in [3.05, 3.63) is 169 Å². The van der Waals surface area contributed by atoms with Crippen molar-refractivity contribution in [2.75, 3.05) is 4.90 Å². The van der Waals surface area contributed by atoms with E-state index in [4.69, 9.17) is 9.40 Å². The van der Waals surface area contributed by atoms with Gasteiger partial charge in [0.25, 0.3) is 0 Å². The molecule has 6 aromatic carbocycles. The molecule has 4 heterocycles. The van der Waals surface area contributed by atoms with Crippen LogP contribution in [0.2, 0.25) is 0 Å². The molecule has 1 aliphatic carbocycles. The van der Waals surface area contributed by atoms with E-state index in [0.29, 0.717) is 5.92 Å². The smallest absolute Gasteiger partial charge is 0.220 e. The van der Waals surface area contributed by atoms with Gasteiger partial charge in [-0.15, -0.1) is 0 Å². The third-order valence-corrected chi connectivity index (χ3v) is 10.3. The summed E-state index contributed by atoms with van der Waals surface area (Å²) >= 11 is 0. The van der Waals surface area contributed by atoms with E-state index in [1.54, 1.807) is 0 Å². The van der Waals surface area contributed by atoms with E-state index < -0.39 is 0 Å². The third-order valence-electron chi connectivity index (χ3n) is 10.3. The Morgan fingerprint density at radius 3 is 2.23 bits per heavy atom. The van der Waals surface area contributed by atoms with Crippen molar-refractivity contribution in [1.82, 2.24) is 14.0 Å². The fraction of sp³-hybridized carbons (Fsp3) is 0.0465. The highest BCUT2D eigenvalue weighted by Gasteiger charge is 2.36. The molecule has 3 aromatic heterocycles. The molecule has 0 saturated carbocycles. The van der Waals surface area contributed by atoms with Crippen LogP contribution in [0.25, 0.3) is 61.0 Å². The van der Waals surface area contributed by atoms with Gasteiger partial charge in [-0.05, 0) is 102 Å². The molecule has 0 saturated heterocycles. The highest BCUT2D eigenvalue weighted by atomic mass is 16.3. The van der Waals surface area contributed by atoms with Gasteiger partial charge in [-0.1, -0.05) is 72.8 Å². The number of nitrogens with zero attached hydrogens (tertiary/aromatic N) is 4. The lowest BCUT2D eigenvalue weighted by molar-refractivity contribution is 0.669. The van der Waals surface area contributed by atoms with Crippen LogP contribution in [-0.2, 0) is 0 Å². The van der Waals surface area contributed by atoms with Crippen LogP contribution in [-0.4, -0.2) is 14.0 Å². The first-order valence-electron chi connectivity index (χ1n) is 16.5. The second-order valence-electron chi connectivity index (χ2n) is 12.8. The van der Waals surface area contributed by atoms with Gasteiger partial charge < -0.3 is 9.32 Å². The van der Waals surface area contributed by atoms with Crippen LogP contribution in [0.15, 0.2) is 162 Å². The molecule has 1 unspecified atom stereocenters. The summed E-state index contributed by atoms with van der Waals surface area (Å²) in [6.45, 7) is 0. The quantitative estimate of drug-likeness (QED) is 0.198. The highest BCUT2D eigenvalue weighted by Crippen LogP contribution is 2.52. The largest absolute Gasteiger partial charge is 0.456 e. The number of para-hydroxylation sites is 6. The number of allylic oxidation sites excluding steroid dienone is 4. The lowest BCUT2D eigenvalue weighted by Gasteiger charge is -2.26. The maximum Gasteiger partial charge on any atom is 0.220 e. The molecule has 2 aliphatic rings. The van der Waals surface area contributed by atoms with Gasteiger partial charge in [-0.25, -0.2) is 4.98 Å². The van der Waals surface area contributed by atoms with Gasteiger partial charge in [0.1, 0.15) is 11.2 Å². The number of imidazole rings is 2. The number of hydrogen-bond donors (Lipinski definition) is 0. The standard InChI is InChI=1S/C43H28N4O/c1-2-10-29(11-3-1)45-36-14-6-4-12-31(36)32-24-27(18-21-37(32)45)28-19-22-41-33(25-28)34-26-30(20-23-42(34)48-41)46-39-16-8-9-17-40(39)47-38-15-7-5-13-35(38)44-43(46)47/h1-23,25-26,32H,24H2. The molecule has 1 atom stereocenters. The molecule has 9 aromatic rings. The average Bonchev–Trinajstić information content (AvgIpc) is 3.88. The normalized spacial score (nSPS) is 15.8. The van der Waals surface area contributed by atoms with Crippen molar-refractivity contribution in [2.45, 2.75) is 12.3 Å². The predicted molar refractivity (Wildman–Crippen MR) is 195 cm³/mol. The Kier molecular flexibility index (Phi) is 5.16. The molecule has 0 amide bonds. The molecule has 11 rings (SSSR count). The number of hydrogen-bond acceptors (Lipinski definition) is 3. The maximum atomic E-state index is 6.40. The highest BCUT2D eigenvalue weighted by molar-refractivity contribution is 6.07. The van der Waals surface area contributed by atoms with Gasteiger partial charge in [0, 0.05) is 33.8 Å². The Morgan fingerprint density at radius 1 is 0.604 bits per heavy atom. The molecule has 5 heteroatoms. The molecular formula is C43H28N4O. The number of furan rings is 1. The zero-order chi connectivity index (χ0) is 31.3. The first kappa shape index (κ1) is 25.8. The lowest BCUT2D eigenvalue weighted by Crippen LogP contribution is -2.15. The lowest BCUT2D eigenvalue weighted by atomic mass is 9.84. The Balaban J connectivity index is 1.05. The minimum atomic E-state index is 0.305. The molecule has 226 valence electrons. The van der Waals surface area contributed by atoms with Crippen molar-refractivity contribution in [3.8, 4) is 5.69 Å². The predicted octanol–water partition coefficient (Wildman–Crippen LogP) is 10.9. The Bertz CT molecular complexity index is 2830. The first-order valence-corrected chi connectivity index (χ1v) is 16.5. The molecule has 0 radical (unpaired) electrons. The zero-order valence-electron chi connectivity index (χ0n) is 25.9. The first-order chi connectivity index (χ1) is 23.8. The van der Waals surface area contributed by atoms with Gasteiger partial charge in [0.2, 0.25) is 5.78 Å². The topological polar surface area (TPSA) is 38.6 Å². The van der Waals surface area contributed by atoms with Crippen molar-refractivity contribution in [1.29, 1.82) is 0 Å². The zero-order valence-corrected chi connectivity index (χ0v) is 25.9. The van der Waals surface area contributed by atoms with E-state index in [-0.39, 0.29) is 0 Å². The van der Waals surface area contributed by atoms with E-state index >= 15 is 0 Å². The monoisotopic (exact) mass is 616 g/mol. The molecule has 0 fully saturated rings. The fourth-order valence-electron chi connectivity index (χ4n) is 8.11. The van der Waals surface area contributed by atoms with E-state index in [1.807, 2.05) is 6.07 Å². The van der Waals surface area contributed by atoms with Crippen LogP contribution in [0.3, 0.4) is 0 Å². The molecule has 48 heavy (non-hydrogen) atoms. The molecule has 5 nitrogen and oxygen atoms in total. The Labute approximate surface area is 275 Å². The van der Waals surface area contributed by atoms with Gasteiger partial charge in [0.15, 0.2) is 0 Å². The Hall–Kier alpha value is -6.33. The SMILES string of the molecule is C1=C(c2ccc3oc4ccc(-n5c6ccccc6n6c7ccccc7nc56)cc4c3c2)CC2C(=C1)N(c1ccccc1)c1ccccc12. The number of aromatic nitrogens is 3. The van der Waals surface area contributed by atoms with E-state index in [1.165, 1.54) is 33.8 Å². The van der Waals surface area contributed by atoms with Crippen LogP contribution in [0, 0.1) is 0 Å². The van der Waals surface area contributed by atoms with Crippen molar-refractivity contribution in [2.24, 2.45) is 0 Å². The van der Waals surface area contributed by atoms with Gasteiger partial charge in [0.05, 0.1) is 27.8 Å². The fourth-order valence-corrected chi connectivity index (χ4v) is 8.11. The summed E-state index contributed by atoms with van der Waals surface area (Å²) in [5, 5.41) is 2.23. The van der Waals surface area contributed by atoms with Crippen molar-refractivity contribution in [3.63, 3.8) is 0 Å². The maximum absolute atomic E-state index is 6.40. The Morgan fingerprint density at radius 2 is 1.33 bits per heavy atom. The van der Waals surface area contributed by atoms with Crippen molar-refractivity contribution >= 4 is 66.7 Å².